The zero-order chi connectivity index (χ0) is 20.4. The number of rotatable bonds is 5. The number of carbonyl (C=O) groups is 1. The van der Waals surface area contributed by atoms with E-state index < -0.39 is 10.0 Å². The Morgan fingerprint density at radius 2 is 1.90 bits per heavy atom. The van der Waals surface area contributed by atoms with Crippen molar-refractivity contribution >= 4 is 15.8 Å². The monoisotopic (exact) mass is 409 g/mol. The number of ketones is 1. The molecule has 6 nitrogen and oxygen atoms in total. The fraction of sp³-hybridized carbons (Fsp3) is 0.273. The van der Waals surface area contributed by atoms with Crippen molar-refractivity contribution < 1.29 is 13.2 Å². The maximum absolute atomic E-state index is 13.4. The van der Waals surface area contributed by atoms with Crippen molar-refractivity contribution in [2.75, 3.05) is 6.54 Å². The summed E-state index contributed by atoms with van der Waals surface area (Å²) in [5.74, 6) is 0.491. The number of nitrogens with one attached hydrogen (secondary N) is 1. The van der Waals surface area contributed by atoms with Gasteiger partial charge in [0, 0.05) is 12.1 Å². The van der Waals surface area contributed by atoms with Gasteiger partial charge in [0.15, 0.2) is 5.78 Å². The number of aromatic nitrogens is 2. The van der Waals surface area contributed by atoms with Crippen molar-refractivity contribution in [2.45, 2.75) is 37.1 Å². The van der Waals surface area contributed by atoms with Gasteiger partial charge >= 0.3 is 0 Å². The Balaban J connectivity index is 1.68. The molecule has 1 unspecified atom stereocenters. The summed E-state index contributed by atoms with van der Waals surface area (Å²) in [5.41, 5.74) is 2.26. The molecule has 0 aliphatic carbocycles. The summed E-state index contributed by atoms with van der Waals surface area (Å²) in [4.78, 5) is 19.7. The van der Waals surface area contributed by atoms with Crippen LogP contribution in [0.25, 0.3) is 11.3 Å². The molecule has 0 radical (unpaired) electrons. The fourth-order valence-corrected chi connectivity index (χ4v) is 5.45. The number of carbonyl (C=O) groups excluding carboxylic acids is 1. The smallest absolute Gasteiger partial charge is 0.243 e. The third kappa shape index (κ3) is 3.88. The predicted molar refractivity (Wildman–Crippen MR) is 111 cm³/mol. The van der Waals surface area contributed by atoms with E-state index in [1.54, 1.807) is 24.4 Å². The molecule has 2 heterocycles. The van der Waals surface area contributed by atoms with Crippen molar-refractivity contribution in [3.05, 3.63) is 72.2 Å². The minimum Gasteiger partial charge on any atom is -0.341 e. The molecule has 0 amide bonds. The Morgan fingerprint density at radius 3 is 2.66 bits per heavy atom. The van der Waals surface area contributed by atoms with Gasteiger partial charge in [-0.2, -0.15) is 4.31 Å². The first-order chi connectivity index (χ1) is 14.0. The fourth-order valence-electron chi connectivity index (χ4n) is 3.75. The first-order valence-electron chi connectivity index (χ1n) is 9.70. The van der Waals surface area contributed by atoms with E-state index in [1.807, 2.05) is 30.3 Å². The average molecular weight is 410 g/mol. The van der Waals surface area contributed by atoms with Gasteiger partial charge in [-0.25, -0.2) is 13.4 Å². The second kappa shape index (κ2) is 7.93. The highest BCUT2D eigenvalue weighted by molar-refractivity contribution is 7.89. The lowest BCUT2D eigenvalue weighted by Gasteiger charge is -2.33. The first kappa shape index (κ1) is 19.5. The van der Waals surface area contributed by atoms with E-state index in [4.69, 9.17) is 0 Å². The van der Waals surface area contributed by atoms with E-state index in [0.717, 1.165) is 24.1 Å². The van der Waals surface area contributed by atoms with Crippen molar-refractivity contribution in [3.8, 4) is 11.3 Å². The van der Waals surface area contributed by atoms with E-state index in [0.29, 0.717) is 24.4 Å². The maximum Gasteiger partial charge on any atom is 0.243 e. The van der Waals surface area contributed by atoms with Gasteiger partial charge in [0.05, 0.1) is 22.8 Å². The molecule has 150 valence electrons. The molecular formula is C22H23N3O3S. The van der Waals surface area contributed by atoms with Crippen LogP contribution in [0.1, 0.15) is 48.4 Å². The van der Waals surface area contributed by atoms with E-state index in [1.165, 1.54) is 17.3 Å². The van der Waals surface area contributed by atoms with Crippen LogP contribution < -0.4 is 0 Å². The summed E-state index contributed by atoms with van der Waals surface area (Å²) in [5, 5.41) is 0. The highest BCUT2D eigenvalue weighted by Crippen LogP contribution is 2.35. The molecule has 0 saturated carbocycles. The van der Waals surface area contributed by atoms with Crippen LogP contribution in [0, 0.1) is 0 Å². The van der Waals surface area contributed by atoms with Crippen LogP contribution in [-0.2, 0) is 10.0 Å². The molecule has 4 rings (SSSR count). The molecule has 1 aliphatic rings. The van der Waals surface area contributed by atoms with E-state index in [9.17, 15) is 13.2 Å². The minimum absolute atomic E-state index is 0.145. The zero-order valence-corrected chi connectivity index (χ0v) is 17.0. The number of benzene rings is 2. The van der Waals surface area contributed by atoms with Gasteiger partial charge in [-0.1, -0.05) is 48.9 Å². The summed E-state index contributed by atoms with van der Waals surface area (Å²) in [6.07, 6.45) is 4.19. The molecule has 1 atom stereocenters. The van der Waals surface area contributed by atoms with Crippen molar-refractivity contribution in [1.82, 2.24) is 14.3 Å². The highest BCUT2D eigenvalue weighted by atomic mass is 32.2. The summed E-state index contributed by atoms with van der Waals surface area (Å²) in [7, 11) is -3.75. The van der Waals surface area contributed by atoms with Gasteiger partial charge in [-0.15, -0.1) is 0 Å². The highest BCUT2D eigenvalue weighted by Gasteiger charge is 2.36. The molecule has 1 N–H and O–H groups in total. The SMILES string of the molecule is CC(=O)c1cccc(S(=O)(=O)N2CCCCC2c2ncc(-c3ccccc3)[nH]2)c1. The largest absolute Gasteiger partial charge is 0.341 e. The minimum atomic E-state index is -3.75. The molecule has 2 aromatic carbocycles. The van der Waals surface area contributed by atoms with Gasteiger partial charge in [-0.3, -0.25) is 4.79 Å². The lowest BCUT2D eigenvalue weighted by molar-refractivity contribution is 0.101. The molecule has 1 fully saturated rings. The third-order valence-corrected chi connectivity index (χ3v) is 7.20. The Hall–Kier alpha value is -2.77. The Morgan fingerprint density at radius 1 is 1.10 bits per heavy atom. The van der Waals surface area contributed by atoms with E-state index in [2.05, 4.69) is 9.97 Å². The summed E-state index contributed by atoms with van der Waals surface area (Å²) in [6, 6.07) is 15.7. The van der Waals surface area contributed by atoms with Crippen LogP contribution in [0.4, 0.5) is 0 Å². The van der Waals surface area contributed by atoms with Gasteiger partial charge in [0.25, 0.3) is 0 Å². The van der Waals surface area contributed by atoms with E-state index >= 15 is 0 Å². The van der Waals surface area contributed by atoms with Gasteiger partial charge in [0.1, 0.15) is 5.82 Å². The van der Waals surface area contributed by atoms with E-state index in [-0.39, 0.29) is 16.7 Å². The second-order valence-corrected chi connectivity index (χ2v) is 9.15. The Kier molecular flexibility index (Phi) is 5.34. The van der Waals surface area contributed by atoms with Crippen molar-refractivity contribution in [1.29, 1.82) is 0 Å². The summed E-state index contributed by atoms with van der Waals surface area (Å²) < 4.78 is 28.3. The van der Waals surface area contributed by atoms with Crippen LogP contribution in [0.2, 0.25) is 0 Å². The number of H-pyrrole nitrogens is 1. The molecule has 0 bridgehead atoms. The molecular weight excluding hydrogens is 386 g/mol. The molecule has 3 aromatic rings. The standard InChI is InChI=1S/C22H23N3O3S/c1-16(26)18-10-7-11-19(14-18)29(27,28)25-13-6-5-12-21(25)22-23-15-20(24-22)17-8-3-2-4-9-17/h2-4,7-11,14-15,21H,5-6,12-13H2,1H3,(H,23,24). The molecule has 7 heteroatoms. The summed E-state index contributed by atoms with van der Waals surface area (Å²) in [6.45, 7) is 1.86. The normalized spacial score (nSPS) is 17.9. The number of aromatic amines is 1. The number of imidazole rings is 1. The molecule has 0 spiro atoms. The second-order valence-electron chi connectivity index (χ2n) is 7.26. The molecule has 29 heavy (non-hydrogen) atoms. The number of Topliss-reactive ketones (excluding diaryl/α,β-unsaturated/α-hetero) is 1. The number of nitrogens with zero attached hydrogens (tertiary/aromatic N) is 2. The van der Waals surface area contributed by atoms with Gasteiger partial charge < -0.3 is 4.98 Å². The van der Waals surface area contributed by atoms with Crippen LogP contribution in [-0.4, -0.2) is 35.0 Å². The number of hydrogen-bond acceptors (Lipinski definition) is 4. The van der Waals surface area contributed by atoms with Crippen LogP contribution >= 0.6 is 0 Å². The van der Waals surface area contributed by atoms with Crippen LogP contribution in [0.15, 0.2) is 65.7 Å². The Bertz CT molecular complexity index is 1120. The average Bonchev–Trinajstić information content (AvgIpc) is 3.25. The zero-order valence-electron chi connectivity index (χ0n) is 16.2. The summed E-state index contributed by atoms with van der Waals surface area (Å²) >= 11 is 0. The first-order valence-corrected chi connectivity index (χ1v) is 11.1. The van der Waals surface area contributed by atoms with Gasteiger partial charge in [-0.05, 0) is 37.5 Å². The maximum atomic E-state index is 13.4. The van der Waals surface area contributed by atoms with Gasteiger partial charge in [0.2, 0.25) is 10.0 Å². The lowest BCUT2D eigenvalue weighted by atomic mass is 10.0. The molecule has 1 saturated heterocycles. The quantitative estimate of drug-likeness (QED) is 0.640. The van der Waals surface area contributed by atoms with Crippen molar-refractivity contribution in [3.63, 3.8) is 0 Å². The molecule has 1 aromatic heterocycles. The molecule has 1 aliphatic heterocycles. The number of sulfonamides is 1. The lowest BCUT2D eigenvalue weighted by Crippen LogP contribution is -2.39. The van der Waals surface area contributed by atoms with Crippen LogP contribution in [0.5, 0.6) is 0 Å². The third-order valence-electron chi connectivity index (χ3n) is 5.30. The topological polar surface area (TPSA) is 83.1 Å². The van der Waals surface area contributed by atoms with Crippen LogP contribution in [0.3, 0.4) is 0 Å². The van der Waals surface area contributed by atoms with Crippen molar-refractivity contribution in [2.24, 2.45) is 0 Å². The Labute approximate surface area is 170 Å². The number of hydrogen-bond donors (Lipinski definition) is 1. The predicted octanol–water partition coefficient (Wildman–Crippen LogP) is 4.20. The number of piperidine rings is 1.